The number of anilines is 1. The van der Waals surface area contributed by atoms with E-state index in [4.69, 9.17) is 11.6 Å². The van der Waals surface area contributed by atoms with Crippen molar-refractivity contribution >= 4 is 38.4 Å². The third-order valence-corrected chi connectivity index (χ3v) is 5.76. The summed E-state index contributed by atoms with van der Waals surface area (Å²) in [5.41, 5.74) is 1.36. The minimum absolute atomic E-state index is 0.0532. The van der Waals surface area contributed by atoms with Crippen molar-refractivity contribution in [2.24, 2.45) is 0 Å². The van der Waals surface area contributed by atoms with E-state index in [0.717, 1.165) is 18.2 Å². The second kappa shape index (κ2) is 7.84. The molecule has 28 heavy (non-hydrogen) atoms. The topological polar surface area (TPSA) is 107 Å². The fourth-order valence-corrected chi connectivity index (χ4v) is 3.49. The Kier molecular flexibility index (Phi) is 5.66. The molecule has 0 bridgehead atoms. The maximum atomic E-state index is 13.0. The van der Waals surface area contributed by atoms with Gasteiger partial charge < -0.3 is 5.32 Å². The molecule has 0 unspecified atom stereocenters. The Morgan fingerprint density at radius 2 is 1.89 bits per heavy atom. The van der Waals surface area contributed by atoms with Crippen molar-refractivity contribution < 1.29 is 8.42 Å². The van der Waals surface area contributed by atoms with E-state index in [2.05, 4.69) is 20.3 Å². The third kappa shape index (κ3) is 4.15. The van der Waals surface area contributed by atoms with E-state index >= 15 is 0 Å². The van der Waals surface area contributed by atoms with Crippen molar-refractivity contribution in [3.8, 4) is 0 Å². The summed E-state index contributed by atoms with van der Waals surface area (Å²) in [5.74, 6) is 0.172. The van der Waals surface area contributed by atoms with Crippen LogP contribution >= 0.6 is 11.6 Å². The summed E-state index contributed by atoms with van der Waals surface area (Å²) >= 11 is 5.89. The van der Waals surface area contributed by atoms with E-state index in [9.17, 15) is 13.2 Å². The summed E-state index contributed by atoms with van der Waals surface area (Å²) in [5, 5.41) is 3.08. The normalized spacial score (nSPS) is 12.9. The van der Waals surface area contributed by atoms with Crippen molar-refractivity contribution in [2.45, 2.75) is 37.8 Å². The van der Waals surface area contributed by atoms with E-state index < -0.39 is 9.84 Å². The van der Waals surface area contributed by atoms with Gasteiger partial charge in [-0.15, -0.1) is 0 Å². The molecule has 10 heteroatoms. The van der Waals surface area contributed by atoms with Gasteiger partial charge in [-0.05, 0) is 42.6 Å². The van der Waals surface area contributed by atoms with Crippen LogP contribution in [0.2, 0.25) is 5.28 Å². The van der Waals surface area contributed by atoms with Crippen LogP contribution in [0.1, 0.15) is 31.9 Å². The Balaban J connectivity index is 1.96. The van der Waals surface area contributed by atoms with Gasteiger partial charge in [-0.2, -0.15) is 4.98 Å². The number of hydrogen-bond donors (Lipinski definition) is 1. The predicted octanol–water partition coefficient (Wildman–Crippen LogP) is 2.83. The molecule has 0 amide bonds. The lowest BCUT2D eigenvalue weighted by atomic mass is 10.2. The van der Waals surface area contributed by atoms with Crippen LogP contribution in [-0.4, -0.2) is 34.2 Å². The third-order valence-electron chi connectivity index (χ3n) is 4.45. The summed E-state index contributed by atoms with van der Waals surface area (Å²) < 4.78 is 24.7. The molecule has 1 aromatic carbocycles. The molecular formula is C18H20ClN5O3S. The van der Waals surface area contributed by atoms with E-state index in [-0.39, 0.29) is 27.6 Å². The Morgan fingerprint density at radius 3 is 2.50 bits per heavy atom. The number of hydrogen-bond acceptors (Lipinski definition) is 7. The van der Waals surface area contributed by atoms with E-state index in [1.54, 1.807) is 16.7 Å². The standard InChI is InChI=1S/C18H20ClN5O3S/c1-4-11(2)24-16-14(10-21-18(19)23-16)22-15(17(24)25)20-9-12-5-7-13(8-6-12)28(3,26)27/h5-8,10-11H,4,9H2,1-3H3,(H,20,22)/t11-/m1/s1. The molecule has 0 fully saturated rings. The fourth-order valence-electron chi connectivity index (χ4n) is 2.73. The number of benzene rings is 1. The molecule has 148 valence electrons. The first-order chi connectivity index (χ1) is 13.2. The number of fused-ring (bicyclic) bond motifs is 1. The molecule has 8 nitrogen and oxygen atoms in total. The van der Waals surface area contributed by atoms with Crippen LogP contribution in [0, 0.1) is 0 Å². The molecule has 0 aliphatic heterocycles. The Hall–Kier alpha value is -2.52. The fraction of sp³-hybridized carbons (Fsp3) is 0.333. The highest BCUT2D eigenvalue weighted by Gasteiger charge is 2.16. The first-order valence-corrected chi connectivity index (χ1v) is 10.9. The molecule has 0 spiro atoms. The average molecular weight is 422 g/mol. The molecule has 0 radical (unpaired) electrons. The van der Waals surface area contributed by atoms with Crippen LogP contribution in [0.4, 0.5) is 5.82 Å². The highest BCUT2D eigenvalue weighted by atomic mass is 35.5. The van der Waals surface area contributed by atoms with Crippen molar-refractivity contribution in [3.63, 3.8) is 0 Å². The van der Waals surface area contributed by atoms with E-state index in [1.165, 1.54) is 18.3 Å². The lowest BCUT2D eigenvalue weighted by Crippen LogP contribution is -2.28. The smallest absolute Gasteiger partial charge is 0.295 e. The SMILES string of the molecule is CC[C@@H](C)n1c(=O)c(NCc2ccc(S(C)(=O)=O)cc2)nc2cnc(Cl)nc21. The molecule has 0 saturated carbocycles. The van der Waals surface area contributed by atoms with E-state index in [0.29, 0.717) is 17.7 Å². The minimum Gasteiger partial charge on any atom is -0.361 e. The Bertz CT molecular complexity index is 1180. The monoisotopic (exact) mass is 421 g/mol. The van der Waals surface area contributed by atoms with Crippen molar-refractivity contribution in [1.82, 2.24) is 19.5 Å². The summed E-state index contributed by atoms with van der Waals surface area (Å²) in [6.07, 6.45) is 3.37. The van der Waals surface area contributed by atoms with Gasteiger partial charge in [0.25, 0.3) is 5.56 Å². The molecule has 0 aliphatic rings. The number of nitrogens with zero attached hydrogens (tertiary/aromatic N) is 4. The average Bonchev–Trinajstić information content (AvgIpc) is 2.65. The minimum atomic E-state index is -3.25. The summed E-state index contributed by atoms with van der Waals surface area (Å²) in [6, 6.07) is 6.36. The van der Waals surface area contributed by atoms with Gasteiger partial charge in [0.15, 0.2) is 21.3 Å². The Labute approximate surface area is 167 Å². The van der Waals surface area contributed by atoms with Crippen LogP contribution in [-0.2, 0) is 16.4 Å². The zero-order valence-corrected chi connectivity index (χ0v) is 17.3. The number of halogens is 1. The predicted molar refractivity (Wildman–Crippen MR) is 108 cm³/mol. The molecule has 0 saturated heterocycles. The summed E-state index contributed by atoms with van der Waals surface area (Å²) in [4.78, 5) is 25.7. The second-order valence-corrected chi connectivity index (χ2v) is 8.86. The molecule has 2 aromatic heterocycles. The van der Waals surface area contributed by atoms with Gasteiger partial charge in [0.05, 0.1) is 11.1 Å². The lowest BCUT2D eigenvalue weighted by Gasteiger charge is -2.17. The van der Waals surface area contributed by atoms with Gasteiger partial charge in [-0.25, -0.2) is 18.4 Å². The van der Waals surface area contributed by atoms with Gasteiger partial charge in [-0.1, -0.05) is 19.1 Å². The lowest BCUT2D eigenvalue weighted by molar-refractivity contribution is 0.526. The second-order valence-electron chi connectivity index (χ2n) is 6.51. The molecule has 2 heterocycles. The number of sulfone groups is 1. The zero-order chi connectivity index (χ0) is 20.5. The van der Waals surface area contributed by atoms with Crippen molar-refractivity contribution in [2.75, 3.05) is 11.6 Å². The maximum absolute atomic E-state index is 13.0. The van der Waals surface area contributed by atoms with Crippen molar-refractivity contribution in [1.29, 1.82) is 0 Å². The molecule has 1 N–H and O–H groups in total. The number of aromatic nitrogens is 4. The summed E-state index contributed by atoms with van der Waals surface area (Å²) in [6.45, 7) is 4.21. The largest absolute Gasteiger partial charge is 0.361 e. The molecule has 0 aliphatic carbocycles. The first kappa shape index (κ1) is 20.2. The van der Waals surface area contributed by atoms with Gasteiger partial charge in [0.2, 0.25) is 5.28 Å². The number of rotatable bonds is 6. The molecular weight excluding hydrogens is 402 g/mol. The first-order valence-electron chi connectivity index (χ1n) is 8.68. The Morgan fingerprint density at radius 1 is 1.21 bits per heavy atom. The van der Waals surface area contributed by atoms with Crippen LogP contribution in [0.3, 0.4) is 0 Å². The zero-order valence-electron chi connectivity index (χ0n) is 15.7. The van der Waals surface area contributed by atoms with Crippen LogP contribution in [0.15, 0.2) is 40.2 Å². The molecule has 1 atom stereocenters. The van der Waals surface area contributed by atoms with Crippen LogP contribution in [0.25, 0.3) is 11.2 Å². The van der Waals surface area contributed by atoms with Gasteiger partial charge in [0, 0.05) is 18.8 Å². The highest BCUT2D eigenvalue weighted by molar-refractivity contribution is 7.90. The number of nitrogens with one attached hydrogen (secondary N) is 1. The molecule has 3 rings (SSSR count). The van der Waals surface area contributed by atoms with Gasteiger partial charge in [0.1, 0.15) is 5.52 Å². The van der Waals surface area contributed by atoms with E-state index in [1.807, 2.05) is 13.8 Å². The van der Waals surface area contributed by atoms with Gasteiger partial charge >= 0.3 is 0 Å². The van der Waals surface area contributed by atoms with Crippen LogP contribution < -0.4 is 10.9 Å². The summed E-state index contributed by atoms with van der Waals surface area (Å²) in [7, 11) is -3.25. The maximum Gasteiger partial charge on any atom is 0.295 e. The van der Waals surface area contributed by atoms with Crippen LogP contribution in [0.5, 0.6) is 0 Å². The highest BCUT2D eigenvalue weighted by Crippen LogP contribution is 2.18. The quantitative estimate of drug-likeness (QED) is 0.609. The van der Waals surface area contributed by atoms with Gasteiger partial charge in [-0.3, -0.25) is 9.36 Å². The molecule has 3 aromatic rings. The van der Waals surface area contributed by atoms with Crippen molar-refractivity contribution in [3.05, 3.63) is 51.7 Å².